The highest BCUT2D eigenvalue weighted by Gasteiger charge is 2.49. The third kappa shape index (κ3) is 3.45. The van der Waals surface area contributed by atoms with Gasteiger partial charge in [0.05, 0.1) is 0 Å². The van der Waals surface area contributed by atoms with Crippen molar-refractivity contribution in [1.29, 1.82) is 0 Å². The van der Waals surface area contributed by atoms with E-state index in [2.05, 4.69) is 41.3 Å². The molecule has 0 spiro atoms. The number of hydrogen-bond acceptors (Lipinski definition) is 2. The molecule has 140 valence electrons. The van der Waals surface area contributed by atoms with Crippen LogP contribution < -0.4 is 4.74 Å². The Hall–Kier alpha value is -1.28. The zero-order valence-electron chi connectivity index (χ0n) is 16.0. The lowest BCUT2D eigenvalue weighted by atomic mass is 9.49. The summed E-state index contributed by atoms with van der Waals surface area (Å²) in [5.41, 5.74) is 1.77. The van der Waals surface area contributed by atoms with E-state index in [1.807, 2.05) is 0 Å². The number of rotatable bonds is 6. The van der Waals surface area contributed by atoms with Gasteiger partial charge in [-0.15, -0.1) is 0 Å². The van der Waals surface area contributed by atoms with Gasteiger partial charge in [-0.05, 0) is 93.7 Å². The van der Waals surface area contributed by atoms with Gasteiger partial charge < -0.3 is 4.74 Å². The van der Waals surface area contributed by atoms with E-state index in [1.54, 1.807) is 0 Å². The molecule has 1 aromatic carbocycles. The lowest BCUT2D eigenvalue weighted by molar-refractivity contribution is -0.0232. The molecular formula is C24H33NO. The quantitative estimate of drug-likeness (QED) is 0.681. The van der Waals surface area contributed by atoms with Crippen molar-refractivity contribution in [2.75, 3.05) is 26.2 Å². The molecule has 2 heteroatoms. The van der Waals surface area contributed by atoms with Crippen LogP contribution in [0.3, 0.4) is 0 Å². The summed E-state index contributed by atoms with van der Waals surface area (Å²) in [6.07, 6.45) is 16.5. The Morgan fingerprint density at radius 1 is 0.962 bits per heavy atom. The minimum absolute atomic E-state index is 0.497. The first-order chi connectivity index (χ1) is 12.8. The van der Waals surface area contributed by atoms with Crippen LogP contribution in [0.2, 0.25) is 0 Å². The summed E-state index contributed by atoms with van der Waals surface area (Å²) in [4.78, 5) is 2.52. The molecule has 1 aromatic rings. The molecule has 0 amide bonds. The molecule has 5 aliphatic rings. The van der Waals surface area contributed by atoms with Crippen LogP contribution in [-0.4, -0.2) is 31.1 Å². The zero-order valence-corrected chi connectivity index (χ0v) is 16.0. The highest BCUT2D eigenvalue weighted by Crippen LogP contribution is 2.60. The van der Waals surface area contributed by atoms with Crippen molar-refractivity contribution in [2.24, 2.45) is 23.2 Å². The molecule has 1 saturated heterocycles. The molecule has 0 atom stereocenters. The Bertz CT molecular complexity index is 623. The van der Waals surface area contributed by atoms with Gasteiger partial charge in [-0.1, -0.05) is 30.4 Å². The fraction of sp³-hybridized carbons (Fsp3) is 0.667. The normalized spacial score (nSPS) is 36.2. The SMILES string of the molecule is C(=C\C12CC3CC(CC(C3)C1)C2)/c1ccccc1OCCN1CCCC1. The van der Waals surface area contributed by atoms with Crippen LogP contribution in [0.15, 0.2) is 30.3 Å². The molecule has 1 heterocycles. The summed E-state index contributed by atoms with van der Waals surface area (Å²) in [7, 11) is 0. The summed E-state index contributed by atoms with van der Waals surface area (Å²) in [6, 6.07) is 8.62. The van der Waals surface area contributed by atoms with Gasteiger partial charge >= 0.3 is 0 Å². The highest BCUT2D eigenvalue weighted by atomic mass is 16.5. The van der Waals surface area contributed by atoms with Crippen LogP contribution in [-0.2, 0) is 0 Å². The maximum atomic E-state index is 6.18. The molecule has 6 rings (SSSR count). The van der Waals surface area contributed by atoms with Crippen molar-refractivity contribution in [3.05, 3.63) is 35.9 Å². The fourth-order valence-electron chi connectivity index (χ4n) is 6.69. The van der Waals surface area contributed by atoms with Gasteiger partial charge in [0.1, 0.15) is 12.4 Å². The largest absolute Gasteiger partial charge is 0.492 e. The molecule has 5 fully saturated rings. The van der Waals surface area contributed by atoms with Crippen LogP contribution in [0.5, 0.6) is 5.75 Å². The first kappa shape index (κ1) is 16.9. The topological polar surface area (TPSA) is 12.5 Å². The number of likely N-dealkylation sites (tertiary alicyclic amines) is 1. The summed E-state index contributed by atoms with van der Waals surface area (Å²) >= 11 is 0. The molecule has 4 saturated carbocycles. The maximum absolute atomic E-state index is 6.18. The molecule has 0 aromatic heterocycles. The van der Waals surface area contributed by atoms with Gasteiger partial charge in [0.15, 0.2) is 0 Å². The van der Waals surface area contributed by atoms with E-state index in [9.17, 15) is 0 Å². The van der Waals surface area contributed by atoms with E-state index >= 15 is 0 Å². The third-order valence-electron chi connectivity index (χ3n) is 7.48. The Morgan fingerprint density at radius 2 is 1.62 bits per heavy atom. The summed E-state index contributed by atoms with van der Waals surface area (Å²) in [5.74, 6) is 4.10. The van der Waals surface area contributed by atoms with Gasteiger partial charge in [0.25, 0.3) is 0 Å². The first-order valence-electron chi connectivity index (χ1n) is 10.9. The number of hydrogen-bond donors (Lipinski definition) is 0. The monoisotopic (exact) mass is 351 g/mol. The molecule has 2 nitrogen and oxygen atoms in total. The second-order valence-electron chi connectivity index (χ2n) is 9.55. The standard InChI is InChI=1S/C24H33NO/c1-2-6-23(26-12-11-25-9-3-4-10-25)22(5-1)7-8-24-16-19-13-20(17-24)15-21(14-19)18-24/h1-2,5-8,19-21H,3-4,9-18H2/b8-7+. The van der Waals surface area contributed by atoms with E-state index in [4.69, 9.17) is 4.74 Å². The van der Waals surface area contributed by atoms with Crippen LogP contribution in [0.25, 0.3) is 6.08 Å². The van der Waals surface area contributed by atoms with Crippen molar-refractivity contribution >= 4 is 6.08 Å². The van der Waals surface area contributed by atoms with Crippen LogP contribution >= 0.6 is 0 Å². The van der Waals surface area contributed by atoms with Gasteiger partial charge in [-0.3, -0.25) is 4.90 Å². The van der Waals surface area contributed by atoms with Crippen molar-refractivity contribution in [2.45, 2.75) is 51.4 Å². The lowest BCUT2D eigenvalue weighted by Gasteiger charge is -2.55. The average Bonchev–Trinajstić information content (AvgIpc) is 3.13. The van der Waals surface area contributed by atoms with Crippen LogP contribution in [0.1, 0.15) is 56.9 Å². The smallest absolute Gasteiger partial charge is 0.126 e. The summed E-state index contributed by atoms with van der Waals surface area (Å²) in [5, 5.41) is 0. The van der Waals surface area contributed by atoms with Gasteiger partial charge in [-0.25, -0.2) is 0 Å². The molecule has 4 aliphatic carbocycles. The Kier molecular flexibility index (Phi) is 4.56. The van der Waals surface area contributed by atoms with Crippen molar-refractivity contribution < 1.29 is 4.74 Å². The van der Waals surface area contributed by atoms with Crippen LogP contribution in [0, 0.1) is 23.2 Å². The summed E-state index contributed by atoms with van der Waals surface area (Å²) < 4.78 is 6.18. The minimum Gasteiger partial charge on any atom is -0.492 e. The molecule has 0 radical (unpaired) electrons. The molecule has 4 bridgehead atoms. The first-order valence-corrected chi connectivity index (χ1v) is 10.9. The highest BCUT2D eigenvalue weighted by molar-refractivity contribution is 5.58. The van der Waals surface area contributed by atoms with E-state index in [1.165, 1.54) is 70.0 Å². The molecule has 1 aliphatic heterocycles. The molecular weight excluding hydrogens is 318 g/mol. The predicted octanol–water partition coefficient (Wildman–Crippen LogP) is 5.39. The lowest BCUT2D eigenvalue weighted by Crippen LogP contribution is -2.44. The Morgan fingerprint density at radius 3 is 2.31 bits per heavy atom. The maximum Gasteiger partial charge on any atom is 0.126 e. The van der Waals surface area contributed by atoms with Crippen molar-refractivity contribution in [3.63, 3.8) is 0 Å². The van der Waals surface area contributed by atoms with Crippen LogP contribution in [0.4, 0.5) is 0 Å². The second-order valence-corrected chi connectivity index (χ2v) is 9.55. The van der Waals surface area contributed by atoms with Gasteiger partial charge in [0.2, 0.25) is 0 Å². The third-order valence-corrected chi connectivity index (χ3v) is 7.48. The average molecular weight is 352 g/mol. The molecule has 26 heavy (non-hydrogen) atoms. The van der Waals surface area contributed by atoms with Gasteiger partial charge in [-0.2, -0.15) is 0 Å². The van der Waals surface area contributed by atoms with Crippen molar-refractivity contribution in [1.82, 2.24) is 4.90 Å². The Labute approximate surface area is 158 Å². The number of benzene rings is 1. The number of nitrogens with zero attached hydrogens (tertiary/aromatic N) is 1. The Balaban J connectivity index is 1.26. The predicted molar refractivity (Wildman–Crippen MR) is 107 cm³/mol. The number of ether oxygens (including phenoxy) is 1. The number of allylic oxidation sites excluding steroid dienone is 1. The molecule has 0 N–H and O–H groups in total. The van der Waals surface area contributed by atoms with E-state index in [-0.39, 0.29) is 0 Å². The minimum atomic E-state index is 0.497. The van der Waals surface area contributed by atoms with E-state index in [0.29, 0.717) is 5.41 Å². The summed E-state index contributed by atoms with van der Waals surface area (Å²) in [6.45, 7) is 4.36. The second kappa shape index (κ2) is 7.03. The zero-order chi connectivity index (χ0) is 17.4. The van der Waals surface area contributed by atoms with E-state index in [0.717, 1.165) is 36.7 Å². The van der Waals surface area contributed by atoms with Gasteiger partial charge in [0, 0.05) is 12.1 Å². The van der Waals surface area contributed by atoms with E-state index < -0.39 is 0 Å². The molecule has 0 unspecified atom stereocenters. The van der Waals surface area contributed by atoms with Crippen molar-refractivity contribution in [3.8, 4) is 5.75 Å². The number of para-hydroxylation sites is 1. The fourth-order valence-corrected chi connectivity index (χ4v) is 6.69.